The lowest BCUT2D eigenvalue weighted by atomic mass is 10.2. The van der Waals surface area contributed by atoms with Crippen LogP contribution in [0.4, 0.5) is 25.0 Å². The minimum absolute atomic E-state index is 0.0753. The van der Waals surface area contributed by atoms with E-state index >= 15 is 0 Å². The first-order valence-electron chi connectivity index (χ1n) is 7.58. The highest BCUT2D eigenvalue weighted by atomic mass is 32.1. The molecule has 1 aromatic rings. The van der Waals surface area contributed by atoms with Crippen LogP contribution in [0.15, 0.2) is 18.2 Å². The number of amides is 1. The van der Waals surface area contributed by atoms with Crippen LogP contribution < -0.4 is 15.1 Å². The first-order valence-corrected chi connectivity index (χ1v) is 7.99. The number of nitrogens with one attached hydrogen (secondary N) is 1. The van der Waals surface area contributed by atoms with Crippen molar-refractivity contribution >= 4 is 34.9 Å². The number of benzene rings is 1. The number of thiocarbonyl (C=S) groups is 1. The first-order chi connectivity index (χ1) is 11.5. The summed E-state index contributed by atoms with van der Waals surface area (Å²) in [5.74, 6) is -0.409. The Hall–Kier alpha value is -2.00. The number of carbonyl (C=O) groups is 1. The molecular weight excluding hydrogens is 340 g/mol. The Morgan fingerprint density at radius 1 is 1.38 bits per heavy atom. The fourth-order valence-corrected chi connectivity index (χ4v) is 2.84. The summed E-state index contributed by atoms with van der Waals surface area (Å²) in [4.78, 5) is 15.1. The molecule has 1 aromatic carbocycles. The van der Waals surface area contributed by atoms with Crippen molar-refractivity contribution in [1.82, 2.24) is 5.32 Å². The molecule has 130 valence electrons. The zero-order valence-corrected chi connectivity index (χ0v) is 13.7. The second-order valence-corrected chi connectivity index (χ2v) is 5.86. The first kappa shape index (κ1) is 16.8. The van der Waals surface area contributed by atoms with Crippen LogP contribution in [0.25, 0.3) is 0 Å². The third kappa shape index (κ3) is 3.73. The minimum atomic E-state index is -0.856. The molecule has 2 heterocycles. The average Bonchev–Trinajstić information content (AvgIpc) is 2.94. The zero-order chi connectivity index (χ0) is 17.1. The van der Waals surface area contributed by atoms with Crippen molar-refractivity contribution in [2.45, 2.75) is 6.10 Å². The largest absolute Gasteiger partial charge is 0.442 e. The number of carbonyl (C=O) groups excluding carboxylic acids is 1. The van der Waals surface area contributed by atoms with Gasteiger partial charge in [0.05, 0.1) is 37.7 Å². The molecule has 6 nitrogen and oxygen atoms in total. The number of ether oxygens (including phenoxy) is 2. The molecule has 0 aliphatic carbocycles. The Morgan fingerprint density at radius 2 is 2.12 bits per heavy atom. The summed E-state index contributed by atoms with van der Waals surface area (Å²) >= 11 is 4.28. The van der Waals surface area contributed by atoms with Gasteiger partial charge in [0.25, 0.3) is 5.24 Å². The van der Waals surface area contributed by atoms with Crippen molar-refractivity contribution in [2.75, 3.05) is 49.2 Å². The summed E-state index contributed by atoms with van der Waals surface area (Å²) < 4.78 is 37.3. The van der Waals surface area contributed by atoms with E-state index in [9.17, 15) is 13.6 Å². The molecule has 1 amide bonds. The molecule has 2 aliphatic rings. The highest BCUT2D eigenvalue weighted by Crippen LogP contribution is 2.28. The quantitative estimate of drug-likeness (QED) is 0.504. The van der Waals surface area contributed by atoms with Gasteiger partial charge >= 0.3 is 6.09 Å². The fourth-order valence-electron chi connectivity index (χ4n) is 2.76. The Labute approximate surface area is 143 Å². The molecule has 0 aromatic heterocycles. The smallest absolute Gasteiger partial charge is 0.414 e. The lowest BCUT2D eigenvalue weighted by Crippen LogP contribution is -2.36. The van der Waals surface area contributed by atoms with Gasteiger partial charge in [-0.15, -0.1) is 0 Å². The van der Waals surface area contributed by atoms with Crippen molar-refractivity contribution in [3.63, 3.8) is 0 Å². The zero-order valence-electron chi connectivity index (χ0n) is 12.8. The molecule has 0 spiro atoms. The molecule has 3 rings (SSSR count). The number of hydrogen-bond donors (Lipinski definition) is 1. The SMILES string of the molecule is O=C1OC(CNC(F)=S)CN1c1ccc(N2CCOCC2)c(F)c1. The van der Waals surface area contributed by atoms with Gasteiger partial charge in [0.15, 0.2) is 0 Å². The van der Waals surface area contributed by atoms with Crippen molar-refractivity contribution in [2.24, 2.45) is 0 Å². The van der Waals surface area contributed by atoms with Crippen LogP contribution in [-0.2, 0) is 9.47 Å². The number of nitrogens with zero attached hydrogens (tertiary/aromatic N) is 2. The maximum Gasteiger partial charge on any atom is 0.414 e. The lowest BCUT2D eigenvalue weighted by Gasteiger charge is -2.29. The third-order valence-corrected chi connectivity index (χ3v) is 4.08. The normalized spacial score (nSPS) is 20.9. The van der Waals surface area contributed by atoms with Crippen molar-refractivity contribution < 1.29 is 23.0 Å². The van der Waals surface area contributed by atoms with Crippen LogP contribution in [0.3, 0.4) is 0 Å². The second-order valence-electron chi connectivity index (χ2n) is 5.51. The van der Waals surface area contributed by atoms with E-state index in [-0.39, 0.29) is 13.1 Å². The molecule has 1 unspecified atom stereocenters. The second kappa shape index (κ2) is 7.27. The van der Waals surface area contributed by atoms with E-state index in [1.54, 1.807) is 12.1 Å². The van der Waals surface area contributed by atoms with Crippen LogP contribution in [0, 0.1) is 5.82 Å². The van der Waals surface area contributed by atoms with Gasteiger partial charge in [0, 0.05) is 13.1 Å². The predicted molar refractivity (Wildman–Crippen MR) is 88.8 cm³/mol. The van der Waals surface area contributed by atoms with Gasteiger partial charge in [0.1, 0.15) is 11.9 Å². The van der Waals surface area contributed by atoms with Gasteiger partial charge in [-0.3, -0.25) is 4.90 Å². The average molecular weight is 357 g/mol. The molecule has 0 radical (unpaired) electrons. The van der Waals surface area contributed by atoms with Crippen LogP contribution in [0.2, 0.25) is 0 Å². The molecule has 1 atom stereocenters. The number of halogens is 2. The summed E-state index contributed by atoms with van der Waals surface area (Å²) in [6, 6.07) is 4.62. The minimum Gasteiger partial charge on any atom is -0.442 e. The fraction of sp³-hybridized carbons (Fsp3) is 0.467. The predicted octanol–water partition coefficient (Wildman–Crippen LogP) is 1.83. The highest BCUT2D eigenvalue weighted by Gasteiger charge is 2.33. The van der Waals surface area contributed by atoms with E-state index in [1.807, 2.05) is 4.90 Å². The molecule has 2 fully saturated rings. The summed E-state index contributed by atoms with van der Waals surface area (Å²) in [5, 5.41) is 1.46. The molecule has 0 saturated carbocycles. The van der Waals surface area contributed by atoms with Gasteiger partial charge in [0.2, 0.25) is 0 Å². The highest BCUT2D eigenvalue weighted by molar-refractivity contribution is 7.80. The summed E-state index contributed by atoms with van der Waals surface area (Å²) in [6.45, 7) is 2.64. The Bertz CT molecular complexity index is 640. The lowest BCUT2D eigenvalue weighted by molar-refractivity contribution is 0.122. The number of rotatable bonds is 4. The molecule has 24 heavy (non-hydrogen) atoms. The van der Waals surface area contributed by atoms with E-state index < -0.39 is 23.3 Å². The van der Waals surface area contributed by atoms with E-state index in [0.29, 0.717) is 37.7 Å². The summed E-state index contributed by atoms with van der Waals surface area (Å²) in [5.41, 5.74) is 0.885. The molecule has 2 saturated heterocycles. The molecule has 1 N–H and O–H groups in total. The van der Waals surface area contributed by atoms with E-state index in [2.05, 4.69) is 17.5 Å². The van der Waals surface area contributed by atoms with Gasteiger partial charge in [-0.25, -0.2) is 9.18 Å². The Kier molecular flexibility index (Phi) is 5.10. The maximum atomic E-state index is 14.4. The van der Waals surface area contributed by atoms with Crippen molar-refractivity contribution in [1.29, 1.82) is 0 Å². The molecule has 2 aliphatic heterocycles. The molecular formula is C15H17F2N3O3S. The Morgan fingerprint density at radius 3 is 2.79 bits per heavy atom. The topological polar surface area (TPSA) is 54.0 Å². The van der Waals surface area contributed by atoms with Crippen LogP contribution >= 0.6 is 12.2 Å². The van der Waals surface area contributed by atoms with E-state index in [1.165, 1.54) is 11.0 Å². The van der Waals surface area contributed by atoms with Gasteiger partial charge < -0.3 is 19.7 Å². The third-order valence-electron chi connectivity index (χ3n) is 3.94. The maximum absolute atomic E-state index is 14.4. The number of morpholine rings is 1. The molecule has 0 bridgehead atoms. The monoisotopic (exact) mass is 357 g/mol. The number of anilines is 2. The number of cyclic esters (lactones) is 1. The van der Waals surface area contributed by atoms with E-state index in [0.717, 1.165) is 0 Å². The van der Waals surface area contributed by atoms with Crippen LogP contribution in [0.1, 0.15) is 0 Å². The van der Waals surface area contributed by atoms with Crippen LogP contribution in [0.5, 0.6) is 0 Å². The van der Waals surface area contributed by atoms with Gasteiger partial charge in [-0.05, 0) is 30.4 Å². The summed E-state index contributed by atoms with van der Waals surface area (Å²) in [6.07, 6.45) is -1.14. The van der Waals surface area contributed by atoms with Gasteiger partial charge in [-0.2, -0.15) is 4.39 Å². The summed E-state index contributed by atoms with van der Waals surface area (Å²) in [7, 11) is 0. The number of hydrogen-bond acceptors (Lipinski definition) is 5. The van der Waals surface area contributed by atoms with Crippen LogP contribution in [-0.4, -0.2) is 56.8 Å². The Balaban J connectivity index is 1.69. The van der Waals surface area contributed by atoms with Crippen molar-refractivity contribution in [3.05, 3.63) is 24.0 Å². The standard InChI is InChI=1S/C15H17F2N3O3S/c16-12-7-10(1-2-13(12)19-3-5-22-6-4-19)20-9-11(23-15(20)21)8-18-14(17)24/h1-2,7,11H,3-6,8-9H2,(H,18,24). The van der Waals surface area contributed by atoms with E-state index in [4.69, 9.17) is 9.47 Å². The van der Waals surface area contributed by atoms with Crippen molar-refractivity contribution in [3.8, 4) is 0 Å². The van der Waals surface area contributed by atoms with Gasteiger partial charge in [-0.1, -0.05) is 0 Å². The molecule has 9 heteroatoms.